The average molecular weight is 326 g/mol. The monoisotopic (exact) mass is 326 g/mol. The highest BCUT2D eigenvalue weighted by molar-refractivity contribution is 6.07. The third-order valence-electron chi connectivity index (χ3n) is 5.06. The molecule has 0 radical (unpaired) electrons. The Balaban J connectivity index is 1.72. The number of nitrogens with one attached hydrogen (secondary N) is 1. The lowest BCUT2D eigenvalue weighted by Crippen LogP contribution is -2.44. The maximum atomic E-state index is 12.7. The van der Waals surface area contributed by atoms with Gasteiger partial charge in [0.25, 0.3) is 11.5 Å². The quantitative estimate of drug-likeness (QED) is 0.843. The van der Waals surface area contributed by atoms with Crippen LogP contribution in [0.3, 0.4) is 0 Å². The summed E-state index contributed by atoms with van der Waals surface area (Å²) >= 11 is 0. The lowest BCUT2D eigenvalue weighted by atomic mass is 9.98. The molecule has 4 rings (SSSR count). The Morgan fingerprint density at radius 3 is 2.62 bits per heavy atom. The molecule has 7 nitrogen and oxygen atoms in total. The molecule has 1 aromatic carbocycles. The highest BCUT2D eigenvalue weighted by Gasteiger charge is 2.52. The molecule has 3 amide bonds. The Morgan fingerprint density at radius 1 is 1.17 bits per heavy atom. The third kappa shape index (κ3) is 2.04. The van der Waals surface area contributed by atoms with Gasteiger partial charge in [-0.05, 0) is 25.0 Å². The van der Waals surface area contributed by atoms with E-state index in [9.17, 15) is 14.4 Å². The van der Waals surface area contributed by atoms with Crippen molar-refractivity contribution in [1.29, 1.82) is 0 Å². The molecule has 1 N–H and O–H groups in total. The summed E-state index contributed by atoms with van der Waals surface area (Å²) in [6, 6.07) is 6.87. The van der Waals surface area contributed by atoms with Crippen LogP contribution in [-0.4, -0.2) is 31.9 Å². The van der Waals surface area contributed by atoms with Crippen molar-refractivity contribution in [2.24, 2.45) is 7.05 Å². The number of amides is 3. The molecule has 1 spiro atoms. The molecule has 0 unspecified atom stereocenters. The van der Waals surface area contributed by atoms with Gasteiger partial charge >= 0.3 is 6.03 Å². The summed E-state index contributed by atoms with van der Waals surface area (Å²) in [5.41, 5.74) is 0.531. The van der Waals surface area contributed by atoms with Gasteiger partial charge in [0.2, 0.25) is 0 Å². The number of hydrogen-bond donors (Lipinski definition) is 1. The van der Waals surface area contributed by atoms with Crippen molar-refractivity contribution in [2.45, 2.75) is 37.8 Å². The Bertz CT molecular complexity index is 912. The minimum Gasteiger partial charge on any atom is -0.323 e. The molecule has 2 aromatic rings. The Kier molecular flexibility index (Phi) is 3.19. The lowest BCUT2D eigenvalue weighted by Gasteiger charge is -2.20. The van der Waals surface area contributed by atoms with Crippen molar-refractivity contribution in [3.63, 3.8) is 0 Å². The van der Waals surface area contributed by atoms with Gasteiger partial charge in [0, 0.05) is 7.05 Å². The van der Waals surface area contributed by atoms with Crippen LogP contribution in [0.4, 0.5) is 4.79 Å². The first-order valence-electron chi connectivity index (χ1n) is 8.11. The summed E-state index contributed by atoms with van der Waals surface area (Å²) in [5.74, 6) is -0.234. The van der Waals surface area contributed by atoms with Crippen molar-refractivity contribution in [2.75, 3.05) is 0 Å². The van der Waals surface area contributed by atoms with Gasteiger partial charge < -0.3 is 9.88 Å². The zero-order valence-electron chi connectivity index (χ0n) is 13.4. The van der Waals surface area contributed by atoms with Gasteiger partial charge in [-0.3, -0.25) is 14.5 Å². The number of fused-ring (bicyclic) bond motifs is 1. The first-order valence-corrected chi connectivity index (χ1v) is 8.11. The molecule has 1 saturated carbocycles. The number of rotatable bonds is 2. The van der Waals surface area contributed by atoms with Crippen LogP contribution in [0.2, 0.25) is 0 Å². The number of nitrogens with zero attached hydrogens (tertiary/aromatic N) is 3. The third-order valence-corrected chi connectivity index (χ3v) is 5.06. The van der Waals surface area contributed by atoms with E-state index in [2.05, 4.69) is 10.3 Å². The highest BCUT2D eigenvalue weighted by Crippen LogP contribution is 2.35. The number of aromatic nitrogens is 2. The minimum absolute atomic E-state index is 0.0933. The number of para-hydroxylation sites is 2. The smallest absolute Gasteiger partial charge is 0.323 e. The highest BCUT2D eigenvalue weighted by atomic mass is 16.2. The molecule has 1 saturated heterocycles. The predicted octanol–water partition coefficient (Wildman–Crippen LogP) is 1.30. The number of urea groups is 1. The number of imide groups is 1. The van der Waals surface area contributed by atoms with Crippen LogP contribution in [0.1, 0.15) is 31.4 Å². The molecule has 0 bridgehead atoms. The first-order chi connectivity index (χ1) is 11.5. The molecule has 0 atom stereocenters. The van der Waals surface area contributed by atoms with E-state index >= 15 is 0 Å². The number of benzene rings is 1. The van der Waals surface area contributed by atoms with Crippen molar-refractivity contribution in [1.82, 2.24) is 19.8 Å². The van der Waals surface area contributed by atoms with Crippen LogP contribution in [0.15, 0.2) is 29.1 Å². The second-order valence-corrected chi connectivity index (χ2v) is 6.52. The molecule has 2 fully saturated rings. The molecule has 24 heavy (non-hydrogen) atoms. The van der Waals surface area contributed by atoms with E-state index in [4.69, 9.17) is 0 Å². The summed E-state index contributed by atoms with van der Waals surface area (Å²) < 4.78 is 1.50. The van der Waals surface area contributed by atoms with E-state index in [0.29, 0.717) is 18.4 Å². The van der Waals surface area contributed by atoms with Gasteiger partial charge in [-0.25, -0.2) is 9.78 Å². The van der Waals surface area contributed by atoms with Crippen molar-refractivity contribution in [3.8, 4) is 0 Å². The molecule has 1 aromatic heterocycles. The van der Waals surface area contributed by atoms with Gasteiger partial charge in [-0.15, -0.1) is 0 Å². The van der Waals surface area contributed by atoms with Gasteiger partial charge in [0.15, 0.2) is 0 Å². The Labute approximate surface area is 138 Å². The molecule has 1 aliphatic carbocycles. The largest absolute Gasteiger partial charge is 0.325 e. The normalized spacial score (nSPS) is 19.5. The second-order valence-electron chi connectivity index (χ2n) is 6.52. The number of carbonyl (C=O) groups is 2. The van der Waals surface area contributed by atoms with Crippen molar-refractivity contribution >= 4 is 23.0 Å². The summed E-state index contributed by atoms with van der Waals surface area (Å²) in [6.45, 7) is -0.0933. The van der Waals surface area contributed by atoms with Crippen molar-refractivity contribution < 1.29 is 9.59 Å². The fraction of sp³-hybridized carbons (Fsp3) is 0.412. The molecule has 7 heteroatoms. The van der Waals surface area contributed by atoms with E-state index < -0.39 is 11.6 Å². The SMILES string of the molecule is Cn1c(=O)c(CN2C(=O)NC3(CCCC3)C2=O)nc2ccccc21. The van der Waals surface area contributed by atoms with Crippen LogP contribution in [0.5, 0.6) is 0 Å². The number of carbonyl (C=O) groups excluding carboxylic acids is 2. The summed E-state index contributed by atoms with van der Waals surface area (Å²) in [4.78, 5) is 43.0. The van der Waals surface area contributed by atoms with E-state index in [1.165, 1.54) is 4.57 Å². The number of aryl methyl sites for hydroxylation is 1. The zero-order valence-corrected chi connectivity index (χ0v) is 13.4. The van der Waals surface area contributed by atoms with E-state index in [0.717, 1.165) is 23.3 Å². The first kappa shape index (κ1) is 14.9. The summed E-state index contributed by atoms with van der Waals surface area (Å²) in [7, 11) is 1.67. The van der Waals surface area contributed by atoms with Gasteiger partial charge in [-0.1, -0.05) is 25.0 Å². The maximum Gasteiger partial charge on any atom is 0.325 e. The van der Waals surface area contributed by atoms with Crippen LogP contribution in [0, 0.1) is 0 Å². The topological polar surface area (TPSA) is 84.3 Å². The van der Waals surface area contributed by atoms with Gasteiger partial charge in [0.05, 0.1) is 17.6 Å². The summed E-state index contributed by atoms with van der Waals surface area (Å²) in [5, 5.41) is 2.82. The lowest BCUT2D eigenvalue weighted by molar-refractivity contribution is -0.131. The molecule has 1 aliphatic heterocycles. The minimum atomic E-state index is -0.765. The van der Waals surface area contributed by atoms with Gasteiger partial charge in [-0.2, -0.15) is 0 Å². The van der Waals surface area contributed by atoms with Crippen LogP contribution >= 0.6 is 0 Å². The second kappa shape index (κ2) is 5.15. The average Bonchev–Trinajstić information content (AvgIpc) is 3.13. The molecule has 2 heterocycles. The summed E-state index contributed by atoms with van der Waals surface area (Å²) in [6.07, 6.45) is 3.18. The predicted molar refractivity (Wildman–Crippen MR) is 87.3 cm³/mol. The molecular weight excluding hydrogens is 308 g/mol. The molecule has 2 aliphatic rings. The Hall–Kier alpha value is -2.70. The fourth-order valence-corrected chi connectivity index (χ4v) is 3.73. The van der Waals surface area contributed by atoms with Crippen LogP contribution in [-0.2, 0) is 18.4 Å². The standard InChI is InChI=1S/C17H18N4O3/c1-20-13-7-3-2-6-11(13)18-12(14(20)22)10-21-15(23)17(19-16(21)24)8-4-5-9-17/h2-3,6-7H,4-5,8-10H2,1H3,(H,19,24). The number of hydrogen-bond acceptors (Lipinski definition) is 4. The molecule has 124 valence electrons. The maximum absolute atomic E-state index is 12.7. The van der Waals surface area contributed by atoms with Crippen LogP contribution < -0.4 is 10.9 Å². The van der Waals surface area contributed by atoms with E-state index in [1.54, 1.807) is 7.05 Å². The molecular formula is C17H18N4O3. The zero-order chi connectivity index (χ0) is 16.9. The fourth-order valence-electron chi connectivity index (χ4n) is 3.73. The Morgan fingerprint density at radius 2 is 1.88 bits per heavy atom. The van der Waals surface area contributed by atoms with Gasteiger partial charge in [0.1, 0.15) is 11.2 Å². The van der Waals surface area contributed by atoms with Crippen molar-refractivity contribution in [3.05, 3.63) is 40.3 Å². The van der Waals surface area contributed by atoms with E-state index in [-0.39, 0.29) is 23.7 Å². The van der Waals surface area contributed by atoms with E-state index in [1.807, 2.05) is 24.3 Å². The van der Waals surface area contributed by atoms with Crippen LogP contribution in [0.25, 0.3) is 11.0 Å².